The predicted molar refractivity (Wildman–Crippen MR) is 89.7 cm³/mol. The zero-order chi connectivity index (χ0) is 17.0. The maximum absolute atomic E-state index is 11.8. The number of phenolic OH excluding ortho intramolecular Hbond substituents is 2. The summed E-state index contributed by atoms with van der Waals surface area (Å²) < 4.78 is 0. The van der Waals surface area contributed by atoms with Crippen LogP contribution >= 0.6 is 0 Å². The van der Waals surface area contributed by atoms with Gasteiger partial charge in [0, 0.05) is 17.2 Å². The van der Waals surface area contributed by atoms with E-state index in [9.17, 15) is 15.0 Å². The molecule has 0 aliphatic rings. The van der Waals surface area contributed by atoms with Crippen LogP contribution in [0.25, 0.3) is 17.2 Å². The SMILES string of the molecule is C/C(=C\c1ccccc1-c1ccc(O)cc1O)C(=O)N=C(N)N. The van der Waals surface area contributed by atoms with Crippen molar-refractivity contribution < 1.29 is 15.0 Å². The van der Waals surface area contributed by atoms with E-state index in [0.717, 1.165) is 0 Å². The van der Waals surface area contributed by atoms with E-state index in [1.54, 1.807) is 31.2 Å². The molecule has 0 fully saturated rings. The molecule has 0 unspecified atom stereocenters. The molecule has 2 aromatic rings. The molecule has 0 heterocycles. The fraction of sp³-hybridized carbons (Fsp3) is 0.0588. The number of guanidine groups is 1. The van der Waals surface area contributed by atoms with E-state index in [1.165, 1.54) is 12.1 Å². The van der Waals surface area contributed by atoms with Crippen LogP contribution in [0.1, 0.15) is 12.5 Å². The lowest BCUT2D eigenvalue weighted by Gasteiger charge is -2.09. The van der Waals surface area contributed by atoms with Gasteiger partial charge < -0.3 is 21.7 Å². The molecule has 1 amide bonds. The van der Waals surface area contributed by atoms with Crippen molar-refractivity contribution in [3.8, 4) is 22.6 Å². The monoisotopic (exact) mass is 311 g/mol. The molecule has 0 aliphatic carbocycles. The second-order valence-corrected chi connectivity index (χ2v) is 4.96. The van der Waals surface area contributed by atoms with Gasteiger partial charge in [-0.1, -0.05) is 24.3 Å². The molecule has 0 aliphatic heterocycles. The lowest BCUT2D eigenvalue weighted by Crippen LogP contribution is -2.24. The van der Waals surface area contributed by atoms with E-state index in [0.29, 0.717) is 22.3 Å². The van der Waals surface area contributed by atoms with Gasteiger partial charge in [0.25, 0.3) is 5.91 Å². The number of benzene rings is 2. The van der Waals surface area contributed by atoms with Gasteiger partial charge in [0.05, 0.1) is 0 Å². The number of carbonyl (C=O) groups excluding carboxylic acids is 1. The van der Waals surface area contributed by atoms with E-state index in [2.05, 4.69) is 4.99 Å². The van der Waals surface area contributed by atoms with Crippen LogP contribution in [0.4, 0.5) is 0 Å². The number of hydrogen-bond donors (Lipinski definition) is 4. The first-order chi connectivity index (χ1) is 10.9. The first-order valence-corrected chi connectivity index (χ1v) is 6.82. The van der Waals surface area contributed by atoms with E-state index >= 15 is 0 Å². The lowest BCUT2D eigenvalue weighted by molar-refractivity contribution is -0.114. The Morgan fingerprint density at radius 1 is 1.09 bits per heavy atom. The summed E-state index contributed by atoms with van der Waals surface area (Å²) in [5, 5.41) is 19.4. The molecule has 2 rings (SSSR count). The summed E-state index contributed by atoms with van der Waals surface area (Å²) in [5.41, 5.74) is 12.7. The predicted octanol–water partition coefficient (Wildman–Crippen LogP) is 1.97. The number of aliphatic imine (C=N–C) groups is 1. The van der Waals surface area contributed by atoms with Gasteiger partial charge in [-0.05, 0) is 36.3 Å². The second-order valence-electron chi connectivity index (χ2n) is 4.96. The molecular formula is C17H17N3O3. The molecule has 0 saturated heterocycles. The van der Waals surface area contributed by atoms with Crippen LogP contribution < -0.4 is 11.5 Å². The van der Waals surface area contributed by atoms with Gasteiger partial charge in [0.15, 0.2) is 5.96 Å². The molecule has 6 N–H and O–H groups in total. The van der Waals surface area contributed by atoms with Gasteiger partial charge in [-0.3, -0.25) is 4.79 Å². The highest BCUT2D eigenvalue weighted by molar-refractivity contribution is 6.04. The molecular weight excluding hydrogens is 294 g/mol. The van der Waals surface area contributed by atoms with Crippen LogP contribution in [0.2, 0.25) is 0 Å². The van der Waals surface area contributed by atoms with E-state index in [4.69, 9.17) is 11.5 Å². The number of aromatic hydroxyl groups is 2. The molecule has 0 saturated carbocycles. The summed E-state index contributed by atoms with van der Waals surface area (Å²) in [5.74, 6) is -0.917. The number of carbonyl (C=O) groups is 1. The average molecular weight is 311 g/mol. The Labute approximate surface area is 133 Å². The van der Waals surface area contributed by atoms with Crippen LogP contribution in [-0.4, -0.2) is 22.1 Å². The fourth-order valence-electron chi connectivity index (χ4n) is 2.12. The smallest absolute Gasteiger partial charge is 0.275 e. The third-order valence-electron chi connectivity index (χ3n) is 3.17. The van der Waals surface area contributed by atoms with Crippen LogP contribution in [0.15, 0.2) is 53.0 Å². The van der Waals surface area contributed by atoms with Gasteiger partial charge in [0.1, 0.15) is 11.5 Å². The number of hydrogen-bond acceptors (Lipinski definition) is 3. The maximum Gasteiger partial charge on any atom is 0.275 e. The minimum atomic E-state index is -0.533. The topological polar surface area (TPSA) is 122 Å². The summed E-state index contributed by atoms with van der Waals surface area (Å²) in [6, 6.07) is 11.6. The molecule has 118 valence electrons. The fourth-order valence-corrected chi connectivity index (χ4v) is 2.12. The Hall–Kier alpha value is -3.28. The first kappa shape index (κ1) is 16.1. The molecule has 0 radical (unpaired) electrons. The highest BCUT2D eigenvalue weighted by atomic mass is 16.3. The maximum atomic E-state index is 11.8. The van der Waals surface area contributed by atoms with E-state index in [1.807, 2.05) is 12.1 Å². The summed E-state index contributed by atoms with van der Waals surface area (Å²) in [7, 11) is 0. The molecule has 0 aromatic heterocycles. The quantitative estimate of drug-likeness (QED) is 0.392. The normalized spacial score (nSPS) is 11.1. The van der Waals surface area contributed by atoms with Crippen molar-refractivity contribution in [1.82, 2.24) is 0 Å². The van der Waals surface area contributed by atoms with Crippen molar-refractivity contribution in [2.45, 2.75) is 6.92 Å². The molecule has 23 heavy (non-hydrogen) atoms. The van der Waals surface area contributed by atoms with Crippen molar-refractivity contribution >= 4 is 17.9 Å². The zero-order valence-electron chi connectivity index (χ0n) is 12.5. The van der Waals surface area contributed by atoms with Gasteiger partial charge in [0.2, 0.25) is 0 Å². The lowest BCUT2D eigenvalue weighted by atomic mass is 9.97. The van der Waals surface area contributed by atoms with Crippen molar-refractivity contribution in [2.75, 3.05) is 0 Å². The second kappa shape index (κ2) is 6.65. The number of phenols is 2. The Bertz CT molecular complexity index is 806. The number of amides is 1. The molecule has 6 heteroatoms. The summed E-state index contributed by atoms with van der Waals surface area (Å²) in [6.07, 6.45) is 1.64. The highest BCUT2D eigenvalue weighted by Gasteiger charge is 2.10. The van der Waals surface area contributed by atoms with Crippen LogP contribution in [0.5, 0.6) is 11.5 Å². The number of nitrogens with two attached hydrogens (primary N) is 2. The van der Waals surface area contributed by atoms with Gasteiger partial charge in [-0.15, -0.1) is 0 Å². The van der Waals surface area contributed by atoms with Gasteiger partial charge >= 0.3 is 0 Å². The Morgan fingerprint density at radius 3 is 2.43 bits per heavy atom. The Morgan fingerprint density at radius 2 is 1.78 bits per heavy atom. The Kier molecular flexibility index (Phi) is 4.66. The van der Waals surface area contributed by atoms with E-state index < -0.39 is 5.91 Å². The summed E-state index contributed by atoms with van der Waals surface area (Å²) in [4.78, 5) is 15.3. The standard InChI is InChI=1S/C17H17N3O3/c1-10(16(23)20-17(18)19)8-11-4-2-3-5-13(11)14-7-6-12(21)9-15(14)22/h2-9,21-22H,1H3,(H4,18,19,20,23)/b10-8+. The third kappa shape index (κ3) is 3.88. The number of rotatable bonds is 3. The zero-order valence-corrected chi connectivity index (χ0v) is 12.5. The minimum absolute atomic E-state index is 0.0293. The van der Waals surface area contributed by atoms with Crippen LogP contribution in [0, 0.1) is 0 Å². The third-order valence-corrected chi connectivity index (χ3v) is 3.17. The molecule has 0 bridgehead atoms. The molecule has 0 spiro atoms. The first-order valence-electron chi connectivity index (χ1n) is 6.82. The molecule has 6 nitrogen and oxygen atoms in total. The van der Waals surface area contributed by atoms with Crippen molar-refractivity contribution in [1.29, 1.82) is 0 Å². The Balaban J connectivity index is 2.50. The van der Waals surface area contributed by atoms with Crippen LogP contribution in [-0.2, 0) is 4.79 Å². The molecule has 0 atom stereocenters. The van der Waals surface area contributed by atoms with Crippen molar-refractivity contribution in [3.05, 3.63) is 53.6 Å². The highest BCUT2D eigenvalue weighted by Crippen LogP contribution is 2.34. The average Bonchev–Trinajstić information content (AvgIpc) is 2.47. The molecule has 2 aromatic carbocycles. The van der Waals surface area contributed by atoms with Gasteiger partial charge in [-0.2, -0.15) is 4.99 Å². The van der Waals surface area contributed by atoms with E-state index in [-0.39, 0.29) is 17.5 Å². The summed E-state index contributed by atoms with van der Waals surface area (Å²) in [6.45, 7) is 1.60. The van der Waals surface area contributed by atoms with Crippen LogP contribution in [0.3, 0.4) is 0 Å². The van der Waals surface area contributed by atoms with Crippen molar-refractivity contribution in [3.63, 3.8) is 0 Å². The summed E-state index contributed by atoms with van der Waals surface area (Å²) >= 11 is 0. The number of nitrogens with zero attached hydrogens (tertiary/aromatic N) is 1. The van der Waals surface area contributed by atoms with Crippen molar-refractivity contribution in [2.24, 2.45) is 16.5 Å². The van der Waals surface area contributed by atoms with Gasteiger partial charge in [-0.25, -0.2) is 0 Å². The minimum Gasteiger partial charge on any atom is -0.508 e. The largest absolute Gasteiger partial charge is 0.508 e.